The van der Waals surface area contributed by atoms with Gasteiger partial charge in [-0.2, -0.15) is 0 Å². The fourth-order valence-corrected chi connectivity index (χ4v) is 3.54. The SMILES string of the molecule is CCOc1ccc(C(C)=O)cc1CN1CCCC(N(C)CC(=O)O)CC1.Cl. The van der Waals surface area contributed by atoms with Gasteiger partial charge in [0.1, 0.15) is 5.75 Å². The summed E-state index contributed by atoms with van der Waals surface area (Å²) in [5.74, 6) is 0.109. The van der Waals surface area contributed by atoms with Gasteiger partial charge in [-0.3, -0.25) is 19.4 Å². The normalized spacial score (nSPS) is 17.9. The summed E-state index contributed by atoms with van der Waals surface area (Å²) in [5, 5.41) is 8.99. The third-order valence-electron chi connectivity index (χ3n) is 4.96. The Balaban J connectivity index is 0.00000364. The van der Waals surface area contributed by atoms with Crippen LogP contribution in [0.5, 0.6) is 5.75 Å². The second kappa shape index (κ2) is 11.3. The smallest absolute Gasteiger partial charge is 0.317 e. The van der Waals surface area contributed by atoms with Gasteiger partial charge >= 0.3 is 5.97 Å². The third kappa shape index (κ3) is 7.13. The van der Waals surface area contributed by atoms with Crippen LogP contribution in [0, 0.1) is 0 Å². The summed E-state index contributed by atoms with van der Waals surface area (Å²) in [6.45, 7) is 6.82. The molecule has 2 rings (SSSR count). The Morgan fingerprint density at radius 1 is 1.30 bits per heavy atom. The summed E-state index contributed by atoms with van der Waals surface area (Å²) >= 11 is 0. The van der Waals surface area contributed by atoms with E-state index in [9.17, 15) is 9.59 Å². The summed E-state index contributed by atoms with van der Waals surface area (Å²) < 4.78 is 5.74. The predicted molar refractivity (Wildman–Crippen MR) is 108 cm³/mol. The number of carbonyl (C=O) groups is 2. The van der Waals surface area contributed by atoms with Gasteiger partial charge in [-0.25, -0.2) is 0 Å². The number of nitrogens with zero attached hydrogens (tertiary/aromatic N) is 2. The largest absolute Gasteiger partial charge is 0.494 e. The molecule has 0 saturated carbocycles. The Bertz CT molecular complexity index is 638. The average Bonchev–Trinajstić information content (AvgIpc) is 2.81. The Morgan fingerprint density at radius 3 is 2.67 bits per heavy atom. The highest BCUT2D eigenvalue weighted by Gasteiger charge is 2.22. The van der Waals surface area contributed by atoms with Gasteiger partial charge in [0.25, 0.3) is 0 Å². The number of halogens is 1. The predicted octanol–water partition coefficient (Wildman–Crippen LogP) is 3.08. The molecule has 0 bridgehead atoms. The molecule has 1 unspecified atom stereocenters. The molecule has 1 atom stereocenters. The fourth-order valence-electron chi connectivity index (χ4n) is 3.54. The molecule has 0 spiro atoms. The van der Waals surface area contributed by atoms with Gasteiger partial charge in [-0.1, -0.05) is 0 Å². The molecular weight excluding hydrogens is 368 g/mol. The van der Waals surface area contributed by atoms with Crippen LogP contribution in [0.15, 0.2) is 18.2 Å². The van der Waals surface area contributed by atoms with Crippen molar-refractivity contribution in [3.05, 3.63) is 29.3 Å². The molecule has 1 saturated heterocycles. The zero-order chi connectivity index (χ0) is 19.1. The maximum Gasteiger partial charge on any atom is 0.317 e. The van der Waals surface area contributed by atoms with Crippen molar-refractivity contribution < 1.29 is 19.4 Å². The first kappa shape index (κ1) is 23.4. The van der Waals surface area contributed by atoms with Crippen molar-refractivity contribution in [3.63, 3.8) is 0 Å². The Hall–Kier alpha value is -1.63. The first-order valence-electron chi connectivity index (χ1n) is 9.31. The van der Waals surface area contributed by atoms with Crippen LogP contribution in [-0.4, -0.2) is 66.0 Å². The highest BCUT2D eigenvalue weighted by atomic mass is 35.5. The summed E-state index contributed by atoms with van der Waals surface area (Å²) in [6.07, 6.45) is 2.98. The van der Waals surface area contributed by atoms with E-state index in [4.69, 9.17) is 9.84 Å². The minimum atomic E-state index is -0.781. The summed E-state index contributed by atoms with van der Waals surface area (Å²) in [6, 6.07) is 5.94. The topological polar surface area (TPSA) is 70.1 Å². The molecule has 0 aliphatic carbocycles. The van der Waals surface area contributed by atoms with Crippen molar-refractivity contribution in [1.29, 1.82) is 0 Å². The molecule has 6 nitrogen and oxygen atoms in total. The van der Waals surface area contributed by atoms with E-state index in [1.54, 1.807) is 6.92 Å². The maximum atomic E-state index is 11.7. The Kier molecular flexibility index (Phi) is 9.77. The van der Waals surface area contributed by atoms with Crippen LogP contribution < -0.4 is 4.74 Å². The van der Waals surface area contributed by atoms with E-state index in [2.05, 4.69) is 4.90 Å². The Morgan fingerprint density at radius 2 is 2.04 bits per heavy atom. The summed E-state index contributed by atoms with van der Waals surface area (Å²) in [7, 11) is 1.89. The second-order valence-electron chi connectivity index (χ2n) is 6.98. The summed E-state index contributed by atoms with van der Waals surface area (Å²) in [5.41, 5.74) is 1.74. The third-order valence-corrected chi connectivity index (χ3v) is 4.96. The van der Waals surface area contributed by atoms with Crippen LogP contribution in [-0.2, 0) is 11.3 Å². The van der Waals surface area contributed by atoms with Crippen molar-refractivity contribution in [2.75, 3.05) is 33.3 Å². The average molecular weight is 399 g/mol. The quantitative estimate of drug-likeness (QED) is 0.678. The molecule has 0 aromatic heterocycles. The van der Waals surface area contributed by atoms with E-state index in [0.717, 1.165) is 50.2 Å². The lowest BCUT2D eigenvalue weighted by Gasteiger charge is -2.26. The van der Waals surface area contributed by atoms with Gasteiger partial charge in [-0.05, 0) is 71.4 Å². The fraction of sp³-hybridized carbons (Fsp3) is 0.600. The molecule has 7 heteroatoms. The van der Waals surface area contributed by atoms with E-state index in [1.807, 2.05) is 37.1 Å². The number of carboxylic acids is 1. The minimum Gasteiger partial charge on any atom is -0.494 e. The standard InChI is InChI=1S/C20H30N2O4.ClH/c1-4-26-19-8-7-16(15(2)23)12-17(19)13-22-10-5-6-18(9-11-22)21(3)14-20(24)25;/h7-8,12,18H,4-6,9-11,13-14H2,1-3H3,(H,24,25);1H. The van der Waals surface area contributed by atoms with Crippen molar-refractivity contribution in [1.82, 2.24) is 9.80 Å². The molecule has 1 aromatic carbocycles. The van der Waals surface area contributed by atoms with Crippen LogP contribution in [0.25, 0.3) is 0 Å². The number of aliphatic carboxylic acids is 1. The highest BCUT2D eigenvalue weighted by Crippen LogP contribution is 2.24. The molecular formula is C20H31ClN2O4. The van der Waals surface area contributed by atoms with Gasteiger partial charge < -0.3 is 9.84 Å². The number of rotatable bonds is 8. The van der Waals surface area contributed by atoms with Crippen LogP contribution >= 0.6 is 12.4 Å². The Labute approximate surface area is 167 Å². The molecule has 1 heterocycles. The number of hydrogen-bond donors (Lipinski definition) is 1. The lowest BCUT2D eigenvalue weighted by Crippen LogP contribution is -2.36. The first-order chi connectivity index (χ1) is 12.4. The van der Waals surface area contributed by atoms with Crippen LogP contribution in [0.1, 0.15) is 49.0 Å². The van der Waals surface area contributed by atoms with E-state index < -0.39 is 5.97 Å². The molecule has 1 N–H and O–H groups in total. The number of likely N-dealkylation sites (tertiary alicyclic amines) is 1. The molecule has 1 aliphatic heterocycles. The number of Topliss-reactive ketones (excluding diaryl/α,β-unsaturated/α-hetero) is 1. The minimum absolute atomic E-state index is 0. The van der Waals surface area contributed by atoms with Crippen molar-refractivity contribution in [2.45, 2.75) is 45.7 Å². The van der Waals surface area contributed by atoms with E-state index in [-0.39, 0.29) is 24.7 Å². The molecule has 1 fully saturated rings. The maximum absolute atomic E-state index is 11.7. The molecule has 1 aromatic rings. The zero-order valence-corrected chi connectivity index (χ0v) is 17.3. The molecule has 1 aliphatic rings. The van der Waals surface area contributed by atoms with E-state index in [1.165, 1.54) is 0 Å². The van der Waals surface area contributed by atoms with Crippen LogP contribution in [0.2, 0.25) is 0 Å². The lowest BCUT2D eigenvalue weighted by molar-refractivity contribution is -0.138. The van der Waals surface area contributed by atoms with Gasteiger partial charge in [-0.15, -0.1) is 12.4 Å². The van der Waals surface area contributed by atoms with E-state index in [0.29, 0.717) is 18.2 Å². The number of carbonyl (C=O) groups excluding carboxylic acids is 1. The number of hydrogen-bond acceptors (Lipinski definition) is 5. The number of ketones is 1. The molecule has 0 radical (unpaired) electrons. The van der Waals surface area contributed by atoms with Crippen LogP contribution in [0.4, 0.5) is 0 Å². The zero-order valence-electron chi connectivity index (χ0n) is 16.4. The van der Waals surface area contributed by atoms with Crippen molar-refractivity contribution in [2.24, 2.45) is 0 Å². The first-order valence-corrected chi connectivity index (χ1v) is 9.31. The van der Waals surface area contributed by atoms with E-state index >= 15 is 0 Å². The van der Waals surface area contributed by atoms with Crippen molar-refractivity contribution in [3.8, 4) is 5.75 Å². The highest BCUT2D eigenvalue weighted by molar-refractivity contribution is 5.94. The number of ether oxygens (including phenoxy) is 1. The van der Waals surface area contributed by atoms with Crippen LogP contribution in [0.3, 0.4) is 0 Å². The molecule has 0 amide bonds. The van der Waals surface area contributed by atoms with Gasteiger partial charge in [0, 0.05) is 23.7 Å². The van der Waals surface area contributed by atoms with Gasteiger partial charge in [0.2, 0.25) is 0 Å². The number of benzene rings is 1. The monoisotopic (exact) mass is 398 g/mol. The van der Waals surface area contributed by atoms with Gasteiger partial charge in [0.15, 0.2) is 5.78 Å². The summed E-state index contributed by atoms with van der Waals surface area (Å²) in [4.78, 5) is 27.0. The molecule has 27 heavy (non-hydrogen) atoms. The molecule has 152 valence electrons. The van der Waals surface area contributed by atoms with Gasteiger partial charge in [0.05, 0.1) is 13.2 Å². The number of likely N-dealkylation sites (N-methyl/N-ethyl adjacent to an activating group) is 1. The lowest BCUT2D eigenvalue weighted by atomic mass is 10.1. The van der Waals surface area contributed by atoms with Crippen molar-refractivity contribution >= 4 is 24.2 Å². The number of carboxylic acid groups (broad SMARTS) is 1. The second-order valence-corrected chi connectivity index (χ2v) is 6.98.